The first kappa shape index (κ1) is 20.4. The van der Waals surface area contributed by atoms with Crippen LogP contribution in [0.15, 0.2) is 24.3 Å². The fourth-order valence-corrected chi connectivity index (χ4v) is 5.30. The van der Waals surface area contributed by atoms with Crippen molar-refractivity contribution in [2.45, 2.75) is 50.6 Å². The number of halogens is 2. The number of fused-ring (bicyclic) bond motifs is 2. The Morgan fingerprint density at radius 1 is 1.19 bits per heavy atom. The van der Waals surface area contributed by atoms with Crippen LogP contribution < -0.4 is 16.0 Å². The van der Waals surface area contributed by atoms with Crippen molar-refractivity contribution >= 4 is 41.5 Å². The van der Waals surface area contributed by atoms with E-state index >= 15 is 0 Å². The van der Waals surface area contributed by atoms with Gasteiger partial charge in [0, 0.05) is 29.3 Å². The Kier molecular flexibility index (Phi) is 6.34. The van der Waals surface area contributed by atoms with Gasteiger partial charge in [-0.25, -0.2) is 0 Å². The maximum absolute atomic E-state index is 12.9. The Hall–Kier alpha value is -1.30. The number of carbonyl (C=O) groups excluding carboxylic acids is 2. The summed E-state index contributed by atoms with van der Waals surface area (Å²) in [6.07, 6.45) is 5.99. The van der Waals surface area contributed by atoms with Crippen LogP contribution in [0.5, 0.6) is 0 Å². The lowest BCUT2D eigenvalue weighted by Crippen LogP contribution is -2.55. The summed E-state index contributed by atoms with van der Waals surface area (Å²) in [6, 6.07) is 7.67. The second-order valence-electron chi connectivity index (χ2n) is 8.03. The Bertz CT molecular complexity index is 700. The average molecular weight is 412 g/mol. The van der Waals surface area contributed by atoms with Crippen molar-refractivity contribution in [1.29, 1.82) is 0 Å². The highest BCUT2D eigenvalue weighted by Gasteiger charge is 2.43. The summed E-state index contributed by atoms with van der Waals surface area (Å²) in [7, 11) is 0. The van der Waals surface area contributed by atoms with E-state index in [2.05, 4.69) is 5.32 Å². The molecule has 0 spiro atoms. The molecule has 1 aliphatic heterocycles. The zero-order chi connectivity index (χ0) is 18.3. The molecule has 2 bridgehead atoms. The van der Waals surface area contributed by atoms with Gasteiger partial charge in [0.05, 0.1) is 0 Å². The maximum atomic E-state index is 12.9. The van der Waals surface area contributed by atoms with Crippen molar-refractivity contribution in [2.75, 3.05) is 11.4 Å². The highest BCUT2D eigenvalue weighted by atomic mass is 35.5. The average Bonchev–Trinajstić information content (AvgIpc) is 2.97. The number of carbonyl (C=O) groups is 2. The standard InChI is InChI=1S/C20H26ClN3O2.ClH/c21-14-5-2-6-16(11-14)24-8-7-17(20(24)26)19(25)23-18-12-3-1-4-13(18)10-15(22)9-12;/h2,5-6,11-13,15,17-18H,1,3-4,7-10,22H2,(H,23,25);1H. The predicted octanol–water partition coefficient (Wildman–Crippen LogP) is 3.14. The van der Waals surface area contributed by atoms with Gasteiger partial charge in [0.15, 0.2) is 0 Å². The third-order valence-electron chi connectivity index (χ3n) is 6.33. The van der Waals surface area contributed by atoms with Crippen LogP contribution >= 0.6 is 24.0 Å². The molecule has 148 valence electrons. The van der Waals surface area contributed by atoms with E-state index in [9.17, 15) is 9.59 Å². The van der Waals surface area contributed by atoms with E-state index in [1.54, 1.807) is 17.0 Å². The Morgan fingerprint density at radius 3 is 2.56 bits per heavy atom. The largest absolute Gasteiger partial charge is 0.352 e. The number of rotatable bonds is 3. The quantitative estimate of drug-likeness (QED) is 0.749. The minimum absolute atomic E-state index is 0. The van der Waals surface area contributed by atoms with Crippen molar-refractivity contribution in [2.24, 2.45) is 23.5 Å². The van der Waals surface area contributed by atoms with E-state index in [1.807, 2.05) is 12.1 Å². The second kappa shape index (κ2) is 8.38. The minimum atomic E-state index is -0.592. The number of hydrogen-bond acceptors (Lipinski definition) is 3. The molecular formula is C20H27Cl2N3O2. The summed E-state index contributed by atoms with van der Waals surface area (Å²) in [4.78, 5) is 27.3. The minimum Gasteiger partial charge on any atom is -0.352 e. The first-order valence-electron chi connectivity index (χ1n) is 9.66. The van der Waals surface area contributed by atoms with Crippen LogP contribution in [0.2, 0.25) is 5.02 Å². The Morgan fingerprint density at radius 2 is 1.89 bits per heavy atom. The fourth-order valence-electron chi connectivity index (χ4n) is 5.11. The van der Waals surface area contributed by atoms with Gasteiger partial charge in [0.25, 0.3) is 0 Å². The molecule has 2 aliphatic carbocycles. The van der Waals surface area contributed by atoms with Gasteiger partial charge in [-0.3, -0.25) is 9.59 Å². The normalized spacial score (nSPS) is 32.7. The SMILES string of the molecule is Cl.NC1CC2CCCC(C1)C2NC(=O)C1CCN(c2cccc(Cl)c2)C1=O. The molecule has 2 saturated carbocycles. The highest BCUT2D eigenvalue weighted by molar-refractivity contribution is 6.31. The summed E-state index contributed by atoms with van der Waals surface area (Å²) in [5, 5.41) is 3.82. The summed E-state index contributed by atoms with van der Waals surface area (Å²) >= 11 is 6.04. The number of nitrogens with one attached hydrogen (secondary N) is 1. The summed E-state index contributed by atoms with van der Waals surface area (Å²) in [5.41, 5.74) is 6.94. The summed E-state index contributed by atoms with van der Waals surface area (Å²) in [5.74, 6) is 0.0913. The number of nitrogens with two attached hydrogens (primary N) is 1. The van der Waals surface area contributed by atoms with Crippen LogP contribution in [0.3, 0.4) is 0 Å². The molecule has 0 radical (unpaired) electrons. The maximum Gasteiger partial charge on any atom is 0.239 e. The smallest absolute Gasteiger partial charge is 0.239 e. The predicted molar refractivity (Wildman–Crippen MR) is 109 cm³/mol. The number of amides is 2. The van der Waals surface area contributed by atoms with E-state index in [1.165, 1.54) is 6.42 Å². The molecule has 1 heterocycles. The van der Waals surface area contributed by atoms with Crippen LogP contribution in [0.1, 0.15) is 38.5 Å². The van der Waals surface area contributed by atoms with E-state index in [0.29, 0.717) is 29.8 Å². The van der Waals surface area contributed by atoms with E-state index in [-0.39, 0.29) is 36.3 Å². The first-order valence-corrected chi connectivity index (χ1v) is 10.0. The molecule has 3 fully saturated rings. The third-order valence-corrected chi connectivity index (χ3v) is 6.56. The molecule has 1 saturated heterocycles. The molecule has 3 aliphatic rings. The van der Waals surface area contributed by atoms with E-state index in [0.717, 1.165) is 31.4 Å². The molecule has 3 atom stereocenters. The van der Waals surface area contributed by atoms with E-state index < -0.39 is 5.92 Å². The van der Waals surface area contributed by atoms with Gasteiger partial charge in [-0.05, 0) is 62.1 Å². The molecule has 5 nitrogen and oxygen atoms in total. The van der Waals surface area contributed by atoms with Crippen LogP contribution in [0.4, 0.5) is 5.69 Å². The summed E-state index contributed by atoms with van der Waals surface area (Å²) in [6.45, 7) is 0.555. The van der Waals surface area contributed by atoms with Crippen LogP contribution in [0, 0.1) is 17.8 Å². The van der Waals surface area contributed by atoms with Gasteiger partial charge in [-0.15, -0.1) is 12.4 Å². The van der Waals surface area contributed by atoms with Gasteiger partial charge in [-0.1, -0.05) is 24.1 Å². The molecule has 7 heteroatoms. The zero-order valence-corrected chi connectivity index (χ0v) is 16.8. The van der Waals surface area contributed by atoms with Crippen molar-refractivity contribution < 1.29 is 9.59 Å². The number of anilines is 1. The molecule has 0 aromatic heterocycles. The Labute approximate surface area is 171 Å². The zero-order valence-electron chi connectivity index (χ0n) is 15.3. The summed E-state index contributed by atoms with van der Waals surface area (Å²) < 4.78 is 0. The number of hydrogen-bond donors (Lipinski definition) is 2. The topological polar surface area (TPSA) is 75.4 Å². The molecule has 3 unspecified atom stereocenters. The van der Waals surface area contributed by atoms with Crippen molar-refractivity contribution in [3.8, 4) is 0 Å². The molecule has 2 amide bonds. The third kappa shape index (κ3) is 4.10. The van der Waals surface area contributed by atoms with Crippen molar-refractivity contribution in [3.05, 3.63) is 29.3 Å². The van der Waals surface area contributed by atoms with Crippen LogP contribution in [-0.2, 0) is 9.59 Å². The molecule has 1 aromatic carbocycles. The molecule has 1 aromatic rings. The van der Waals surface area contributed by atoms with Gasteiger partial charge in [0.2, 0.25) is 11.8 Å². The lowest BCUT2D eigenvalue weighted by atomic mass is 9.67. The second-order valence-corrected chi connectivity index (χ2v) is 8.46. The molecule has 27 heavy (non-hydrogen) atoms. The number of nitrogens with zero attached hydrogens (tertiary/aromatic N) is 1. The highest BCUT2D eigenvalue weighted by Crippen LogP contribution is 2.40. The molecular weight excluding hydrogens is 385 g/mol. The lowest BCUT2D eigenvalue weighted by Gasteiger charge is -2.45. The lowest BCUT2D eigenvalue weighted by molar-refractivity contribution is -0.133. The van der Waals surface area contributed by atoms with Gasteiger partial charge >= 0.3 is 0 Å². The number of benzene rings is 1. The Balaban J connectivity index is 0.00000210. The van der Waals surface area contributed by atoms with E-state index in [4.69, 9.17) is 17.3 Å². The van der Waals surface area contributed by atoms with Crippen LogP contribution in [-0.4, -0.2) is 30.4 Å². The monoisotopic (exact) mass is 411 g/mol. The fraction of sp³-hybridized carbons (Fsp3) is 0.600. The first-order chi connectivity index (χ1) is 12.5. The molecule has 3 N–H and O–H groups in total. The van der Waals surface area contributed by atoms with Gasteiger partial charge < -0.3 is 16.0 Å². The van der Waals surface area contributed by atoms with Gasteiger partial charge in [0.1, 0.15) is 5.92 Å². The van der Waals surface area contributed by atoms with Gasteiger partial charge in [-0.2, -0.15) is 0 Å². The van der Waals surface area contributed by atoms with Crippen molar-refractivity contribution in [3.63, 3.8) is 0 Å². The van der Waals surface area contributed by atoms with Crippen LogP contribution in [0.25, 0.3) is 0 Å². The molecule has 4 rings (SSSR count). The van der Waals surface area contributed by atoms with Crippen molar-refractivity contribution in [1.82, 2.24) is 5.32 Å².